The fourth-order valence-electron chi connectivity index (χ4n) is 11.2. The standard InChI is InChI=1S/2C28H25ClN4O3/c2*1-32-11-10-28(36,27(32)35)9-8-16-6-7-20-18-13-19(14-18)33-23(15-17-4-2-3-5-22(17)29)24(25(30)34)31-26(33)21(20)12-16/h2*2-7,12,18-19,36H,10-11,13-15H2,1H3,(H2,30,34)/t2*18?,19?,28-/m10/s1. The van der Waals surface area contributed by atoms with Crippen molar-refractivity contribution in [3.63, 3.8) is 0 Å². The van der Waals surface area contributed by atoms with Gasteiger partial charge in [-0.1, -0.05) is 95.4 Å². The predicted molar refractivity (Wildman–Crippen MR) is 271 cm³/mol. The lowest BCUT2D eigenvalue weighted by atomic mass is 9.75. The number of benzene rings is 4. The molecule has 16 heteroatoms. The third-order valence-electron chi connectivity index (χ3n) is 15.4. The average Bonchev–Trinajstić information content (AvgIpc) is 3.93. The van der Waals surface area contributed by atoms with Gasteiger partial charge in [-0.15, -0.1) is 0 Å². The number of imidazole rings is 2. The summed E-state index contributed by atoms with van der Waals surface area (Å²) in [5.41, 5.74) is 17.6. The molecule has 8 aliphatic rings. The molecule has 2 aromatic heterocycles. The van der Waals surface area contributed by atoms with E-state index in [2.05, 4.69) is 44.9 Å². The first kappa shape index (κ1) is 47.1. The van der Waals surface area contributed by atoms with E-state index in [0.717, 1.165) is 70.5 Å². The molecule has 6 N–H and O–H groups in total. The average molecular weight is 1000 g/mol. The van der Waals surface area contributed by atoms with Crippen LogP contribution in [0, 0.1) is 23.7 Å². The zero-order chi connectivity index (χ0) is 50.4. The normalized spacial score (nSPS) is 23.8. The molecule has 72 heavy (non-hydrogen) atoms. The Morgan fingerprint density at radius 3 is 1.38 bits per heavy atom. The number of nitrogens with zero attached hydrogens (tertiary/aromatic N) is 6. The van der Waals surface area contributed by atoms with Crippen molar-refractivity contribution in [1.29, 1.82) is 0 Å². The number of likely N-dealkylation sites (tertiary alicyclic amines) is 2. The third kappa shape index (κ3) is 8.03. The first-order chi connectivity index (χ1) is 34.5. The summed E-state index contributed by atoms with van der Waals surface area (Å²) in [6.07, 6.45) is 5.27. The number of rotatable bonds is 6. The molecule has 8 heterocycles. The molecule has 14 nitrogen and oxygen atoms in total. The smallest absolute Gasteiger partial charge is 0.269 e. The van der Waals surface area contributed by atoms with Crippen LogP contribution in [-0.4, -0.2) is 101 Å². The summed E-state index contributed by atoms with van der Waals surface area (Å²) in [6.45, 7) is 0.942. The van der Waals surface area contributed by atoms with Crippen LogP contribution in [0.5, 0.6) is 0 Å². The van der Waals surface area contributed by atoms with Gasteiger partial charge in [-0.2, -0.15) is 0 Å². The molecule has 364 valence electrons. The summed E-state index contributed by atoms with van der Waals surface area (Å²) in [5.74, 6) is 11.9. The molecule has 6 aliphatic heterocycles. The summed E-state index contributed by atoms with van der Waals surface area (Å²) < 4.78 is 4.32. The van der Waals surface area contributed by atoms with Crippen LogP contribution in [0.4, 0.5) is 0 Å². The molecule has 14 rings (SSSR count). The van der Waals surface area contributed by atoms with Crippen molar-refractivity contribution in [2.75, 3.05) is 27.2 Å². The predicted octanol–water partition coefficient (Wildman–Crippen LogP) is 6.54. The second kappa shape index (κ2) is 17.8. The van der Waals surface area contributed by atoms with Crippen molar-refractivity contribution in [2.24, 2.45) is 11.5 Å². The van der Waals surface area contributed by atoms with E-state index in [1.54, 1.807) is 14.1 Å². The molecule has 4 fully saturated rings. The molecule has 0 radical (unpaired) electrons. The number of aliphatic hydroxyl groups is 2. The molecular weight excluding hydrogens is 952 g/mol. The molecule has 2 atom stereocenters. The van der Waals surface area contributed by atoms with Gasteiger partial charge >= 0.3 is 0 Å². The van der Waals surface area contributed by atoms with Gasteiger partial charge in [-0.3, -0.25) is 19.2 Å². The van der Waals surface area contributed by atoms with E-state index in [1.807, 2.05) is 72.8 Å². The number of nitrogens with two attached hydrogens (primary N) is 2. The van der Waals surface area contributed by atoms with Gasteiger partial charge in [-0.05, 0) is 96.2 Å². The lowest BCUT2D eigenvalue weighted by Crippen LogP contribution is -2.37. The quantitative estimate of drug-likeness (QED) is 0.135. The van der Waals surface area contributed by atoms with E-state index >= 15 is 0 Å². The highest BCUT2D eigenvalue weighted by atomic mass is 35.5. The summed E-state index contributed by atoms with van der Waals surface area (Å²) in [6, 6.07) is 27.4. The fourth-order valence-corrected chi connectivity index (χ4v) is 11.6. The molecule has 4 amide bonds. The van der Waals surface area contributed by atoms with Gasteiger partial charge in [0.25, 0.3) is 23.6 Å². The van der Waals surface area contributed by atoms with Crippen molar-refractivity contribution in [3.8, 4) is 46.5 Å². The molecule has 4 aromatic carbocycles. The van der Waals surface area contributed by atoms with Crippen LogP contribution in [0.15, 0.2) is 84.9 Å². The monoisotopic (exact) mass is 1000 g/mol. The molecular formula is C56H50Cl2N8O6. The van der Waals surface area contributed by atoms with Crippen LogP contribution < -0.4 is 11.5 Å². The Labute approximate surface area is 425 Å². The Balaban J connectivity index is 0.000000156. The number of hydrogen-bond donors (Lipinski definition) is 4. The summed E-state index contributed by atoms with van der Waals surface area (Å²) >= 11 is 12.9. The molecule has 6 aromatic rings. The number of primary amides is 2. The van der Waals surface area contributed by atoms with Crippen LogP contribution >= 0.6 is 23.2 Å². The number of aromatic nitrogens is 4. The highest BCUT2D eigenvalue weighted by molar-refractivity contribution is 6.31. The first-order valence-electron chi connectivity index (χ1n) is 24.1. The maximum Gasteiger partial charge on any atom is 0.269 e. The molecule has 0 unspecified atom stereocenters. The number of carbonyl (C=O) groups is 4. The molecule has 2 saturated carbocycles. The lowest BCUT2D eigenvalue weighted by Gasteiger charge is -2.35. The highest BCUT2D eigenvalue weighted by Gasteiger charge is 2.45. The van der Waals surface area contributed by atoms with Gasteiger partial charge in [0.15, 0.2) is 0 Å². The first-order valence-corrected chi connectivity index (χ1v) is 24.8. The van der Waals surface area contributed by atoms with Crippen molar-refractivity contribution in [1.82, 2.24) is 28.9 Å². The Morgan fingerprint density at radius 2 is 1.03 bits per heavy atom. The topological polar surface area (TPSA) is 203 Å². The van der Waals surface area contributed by atoms with Gasteiger partial charge in [0.1, 0.15) is 23.0 Å². The maximum absolute atomic E-state index is 12.5. The van der Waals surface area contributed by atoms with Crippen LogP contribution in [0.25, 0.3) is 22.8 Å². The molecule has 2 saturated heterocycles. The second-order valence-corrected chi connectivity index (χ2v) is 20.7. The SMILES string of the molecule is CN1CC[C@@](O)(C#Cc2ccc3c(c2)-c2nc(C(N)=O)c(Cc4ccccc4Cl)n2C2CC3C2)C1=O.CN1CC[C@](O)(C#Cc2ccc3c(c2)-c2nc(C(N)=O)c(Cc4ccccc4Cl)n2C2CC3C2)C1=O. The van der Waals surface area contributed by atoms with Gasteiger partial charge in [0.2, 0.25) is 11.2 Å². The Kier molecular flexibility index (Phi) is 11.7. The van der Waals surface area contributed by atoms with Crippen molar-refractivity contribution < 1.29 is 29.4 Å². The van der Waals surface area contributed by atoms with Crippen LogP contribution in [0.2, 0.25) is 10.0 Å². The Morgan fingerprint density at radius 1 is 0.639 bits per heavy atom. The van der Waals surface area contributed by atoms with Gasteiger partial charge < -0.3 is 40.6 Å². The van der Waals surface area contributed by atoms with Crippen LogP contribution in [0.3, 0.4) is 0 Å². The van der Waals surface area contributed by atoms with Crippen molar-refractivity contribution in [3.05, 3.63) is 151 Å². The Bertz CT molecular complexity index is 3210. The van der Waals surface area contributed by atoms with E-state index < -0.39 is 23.0 Å². The number of carbonyl (C=O) groups excluding carboxylic acids is 4. The number of likely N-dealkylation sites (N-methyl/N-ethyl adjacent to an activating group) is 2. The maximum atomic E-state index is 12.5. The highest BCUT2D eigenvalue weighted by Crippen LogP contribution is 2.54. The summed E-state index contributed by atoms with van der Waals surface area (Å²) in [7, 11) is 3.32. The lowest BCUT2D eigenvalue weighted by molar-refractivity contribution is -0.138. The fraction of sp³-hybridized carbons (Fsp3) is 0.321. The number of halogens is 2. The van der Waals surface area contributed by atoms with Gasteiger partial charge in [-0.25, -0.2) is 9.97 Å². The minimum Gasteiger partial charge on any atom is -0.369 e. The molecule has 4 bridgehead atoms. The third-order valence-corrected chi connectivity index (χ3v) is 16.1. The summed E-state index contributed by atoms with van der Waals surface area (Å²) in [5, 5.41) is 22.7. The van der Waals surface area contributed by atoms with Crippen LogP contribution in [0.1, 0.15) is 128 Å². The Hall–Kier alpha value is -7.20. The van der Waals surface area contributed by atoms with E-state index in [-0.39, 0.29) is 48.1 Å². The van der Waals surface area contributed by atoms with E-state index in [9.17, 15) is 29.4 Å². The van der Waals surface area contributed by atoms with Gasteiger partial charge in [0.05, 0.1) is 11.4 Å². The zero-order valence-electron chi connectivity index (χ0n) is 39.6. The van der Waals surface area contributed by atoms with E-state index in [1.165, 1.54) is 9.80 Å². The van der Waals surface area contributed by atoms with Crippen molar-refractivity contribution >= 4 is 46.8 Å². The zero-order valence-corrected chi connectivity index (χ0v) is 41.1. The van der Waals surface area contributed by atoms with Crippen molar-refractivity contribution in [2.45, 2.75) is 86.5 Å². The van der Waals surface area contributed by atoms with Gasteiger partial charge in [0, 0.05) is 97.3 Å². The second-order valence-electron chi connectivity index (χ2n) is 19.9. The molecule has 2 aliphatic carbocycles. The number of amides is 4. The minimum absolute atomic E-state index is 0.220. The largest absolute Gasteiger partial charge is 0.369 e. The van der Waals surface area contributed by atoms with Crippen LogP contribution in [-0.2, 0) is 22.4 Å². The minimum atomic E-state index is -1.66. The van der Waals surface area contributed by atoms with E-state index in [4.69, 9.17) is 44.6 Å². The summed E-state index contributed by atoms with van der Waals surface area (Å²) in [4.78, 5) is 62.1. The van der Waals surface area contributed by atoms with E-state index in [0.29, 0.717) is 70.6 Å². The number of hydrogen-bond acceptors (Lipinski definition) is 8. The molecule has 0 spiro atoms.